The molecule has 3 N–H and O–H groups in total. The van der Waals surface area contributed by atoms with Gasteiger partial charge in [0, 0.05) is 33.0 Å². The van der Waals surface area contributed by atoms with Crippen molar-refractivity contribution in [2.45, 2.75) is 6.04 Å². The third-order valence-corrected chi connectivity index (χ3v) is 5.51. The monoisotopic (exact) mass is 474 g/mol. The maximum Gasteiger partial charge on any atom is 0.314 e. The fourth-order valence-corrected chi connectivity index (χ4v) is 3.65. The number of nitrogens with zero attached hydrogens (tertiary/aromatic N) is 3. The van der Waals surface area contributed by atoms with Crippen LogP contribution in [0.25, 0.3) is 10.2 Å². The molecule has 0 bridgehead atoms. The number of anilines is 1. The molecular weight excluding hydrogens is 456 g/mol. The van der Waals surface area contributed by atoms with Crippen LogP contribution in [0.2, 0.25) is 5.02 Å². The molecule has 0 aliphatic heterocycles. The van der Waals surface area contributed by atoms with E-state index in [1.54, 1.807) is 18.3 Å². The fraction of sp³-hybridized carbons (Fsp3) is 0.200. The minimum absolute atomic E-state index is 0.141. The van der Waals surface area contributed by atoms with Gasteiger partial charge in [-0.2, -0.15) is 0 Å². The Bertz CT molecular complexity index is 1130. The smallest absolute Gasteiger partial charge is 0.314 e. The van der Waals surface area contributed by atoms with Crippen molar-refractivity contribution in [3.63, 3.8) is 0 Å². The molecule has 0 aliphatic rings. The van der Waals surface area contributed by atoms with Gasteiger partial charge >= 0.3 is 11.8 Å². The van der Waals surface area contributed by atoms with Crippen LogP contribution in [-0.2, 0) is 14.4 Å². The van der Waals surface area contributed by atoms with Gasteiger partial charge in [0.15, 0.2) is 0 Å². The number of aromatic nitrogens is 2. The fourth-order valence-electron chi connectivity index (χ4n) is 2.62. The SMILES string of the molecule is CN(C)C(=O)C(CNC(=O)C(=O)Nc1ccc(Cl)cn1)NC(=O)c1cc2ncccc2s1. The second kappa shape index (κ2) is 10.2. The Hall–Kier alpha value is -3.57. The van der Waals surface area contributed by atoms with Gasteiger partial charge in [-0.15, -0.1) is 11.3 Å². The van der Waals surface area contributed by atoms with E-state index in [1.165, 1.54) is 48.7 Å². The van der Waals surface area contributed by atoms with Crippen LogP contribution < -0.4 is 16.0 Å². The van der Waals surface area contributed by atoms with Gasteiger partial charge in [-0.3, -0.25) is 24.2 Å². The second-order valence-electron chi connectivity index (χ2n) is 6.78. The summed E-state index contributed by atoms with van der Waals surface area (Å²) in [7, 11) is 3.04. The minimum atomic E-state index is -1.08. The average Bonchev–Trinajstić information content (AvgIpc) is 3.21. The summed E-state index contributed by atoms with van der Waals surface area (Å²) < 4.78 is 0.828. The van der Waals surface area contributed by atoms with Gasteiger partial charge in [-0.1, -0.05) is 11.6 Å². The molecule has 0 radical (unpaired) electrons. The third-order valence-electron chi connectivity index (χ3n) is 4.20. The van der Waals surface area contributed by atoms with E-state index in [1.807, 2.05) is 6.07 Å². The summed E-state index contributed by atoms with van der Waals surface area (Å²) in [4.78, 5) is 59.1. The van der Waals surface area contributed by atoms with E-state index in [9.17, 15) is 19.2 Å². The van der Waals surface area contributed by atoms with Crippen LogP contribution in [0.5, 0.6) is 0 Å². The Balaban J connectivity index is 1.64. The highest BCUT2D eigenvalue weighted by molar-refractivity contribution is 7.20. The molecule has 0 spiro atoms. The summed E-state index contributed by atoms with van der Waals surface area (Å²) in [5.74, 6) is -2.76. The van der Waals surface area contributed by atoms with Gasteiger partial charge < -0.3 is 20.9 Å². The van der Waals surface area contributed by atoms with Crippen LogP contribution in [0.4, 0.5) is 5.82 Å². The number of fused-ring (bicyclic) bond motifs is 1. The number of amides is 4. The number of pyridine rings is 2. The Morgan fingerprint density at radius 3 is 2.56 bits per heavy atom. The quantitative estimate of drug-likeness (QED) is 0.461. The molecule has 1 unspecified atom stereocenters. The zero-order chi connectivity index (χ0) is 23.3. The maximum absolute atomic E-state index is 12.7. The Labute approximate surface area is 192 Å². The summed E-state index contributed by atoms with van der Waals surface area (Å²) >= 11 is 6.96. The van der Waals surface area contributed by atoms with Gasteiger partial charge in [0.25, 0.3) is 5.91 Å². The number of likely N-dealkylation sites (N-methyl/N-ethyl adjacent to an activating group) is 1. The molecule has 32 heavy (non-hydrogen) atoms. The van der Waals surface area contributed by atoms with Gasteiger partial charge in [-0.05, 0) is 30.3 Å². The highest BCUT2D eigenvalue weighted by atomic mass is 35.5. The van der Waals surface area contributed by atoms with Crippen molar-refractivity contribution in [1.82, 2.24) is 25.5 Å². The first-order valence-corrected chi connectivity index (χ1v) is 10.5. The molecular formula is C20H19ClN6O4S. The van der Waals surface area contributed by atoms with Crippen molar-refractivity contribution in [2.75, 3.05) is 26.0 Å². The predicted molar refractivity (Wildman–Crippen MR) is 120 cm³/mol. The van der Waals surface area contributed by atoms with E-state index in [-0.39, 0.29) is 12.4 Å². The molecule has 166 valence electrons. The molecule has 3 aromatic heterocycles. The van der Waals surface area contributed by atoms with E-state index >= 15 is 0 Å². The molecule has 0 aliphatic carbocycles. The minimum Gasteiger partial charge on any atom is -0.347 e. The maximum atomic E-state index is 12.7. The highest BCUT2D eigenvalue weighted by Gasteiger charge is 2.26. The van der Waals surface area contributed by atoms with E-state index in [0.29, 0.717) is 15.4 Å². The van der Waals surface area contributed by atoms with Crippen molar-refractivity contribution < 1.29 is 19.2 Å². The lowest BCUT2D eigenvalue weighted by Crippen LogP contribution is -2.53. The van der Waals surface area contributed by atoms with Crippen molar-refractivity contribution in [2.24, 2.45) is 0 Å². The first kappa shape index (κ1) is 23.1. The lowest BCUT2D eigenvalue weighted by molar-refractivity contribution is -0.136. The van der Waals surface area contributed by atoms with Gasteiger partial charge in [0.1, 0.15) is 11.9 Å². The predicted octanol–water partition coefficient (Wildman–Crippen LogP) is 1.29. The molecule has 0 saturated carbocycles. The molecule has 3 aromatic rings. The lowest BCUT2D eigenvalue weighted by atomic mass is 10.2. The second-order valence-corrected chi connectivity index (χ2v) is 8.30. The van der Waals surface area contributed by atoms with Crippen LogP contribution >= 0.6 is 22.9 Å². The number of carbonyl (C=O) groups excluding carboxylic acids is 4. The zero-order valence-electron chi connectivity index (χ0n) is 17.1. The first-order chi connectivity index (χ1) is 15.2. The standard InChI is InChI=1S/C20H19ClN6O4S/c1-27(2)20(31)13(25-17(28)15-8-12-14(32-15)4-3-7-22-12)10-24-18(29)19(30)26-16-6-5-11(21)9-23-16/h3-9,13H,10H2,1-2H3,(H,24,29)(H,25,28)(H,23,26,30). The van der Waals surface area contributed by atoms with Gasteiger partial charge in [-0.25, -0.2) is 4.98 Å². The molecule has 0 fully saturated rings. The first-order valence-electron chi connectivity index (χ1n) is 9.32. The largest absolute Gasteiger partial charge is 0.347 e. The summed E-state index contributed by atoms with van der Waals surface area (Å²) in [6.07, 6.45) is 2.94. The molecule has 4 amide bonds. The van der Waals surface area contributed by atoms with Gasteiger partial charge in [0.05, 0.1) is 20.1 Å². The van der Waals surface area contributed by atoms with Gasteiger partial charge in [0.2, 0.25) is 5.91 Å². The Morgan fingerprint density at radius 2 is 1.91 bits per heavy atom. The van der Waals surface area contributed by atoms with Crippen molar-refractivity contribution >= 4 is 62.6 Å². The summed E-state index contributed by atoms with van der Waals surface area (Å²) in [5.41, 5.74) is 0.666. The van der Waals surface area contributed by atoms with Crippen LogP contribution in [0.15, 0.2) is 42.7 Å². The number of hydrogen-bond donors (Lipinski definition) is 3. The zero-order valence-corrected chi connectivity index (χ0v) is 18.7. The van der Waals surface area contributed by atoms with Crippen LogP contribution in [0.1, 0.15) is 9.67 Å². The number of halogens is 1. The number of carbonyl (C=O) groups is 4. The van der Waals surface area contributed by atoms with Crippen molar-refractivity contribution in [3.05, 3.63) is 52.6 Å². The molecule has 0 saturated heterocycles. The number of thiophene rings is 1. The van der Waals surface area contributed by atoms with E-state index < -0.39 is 29.7 Å². The summed E-state index contributed by atoms with van der Waals surface area (Å²) in [6.45, 7) is -0.286. The molecule has 0 aromatic carbocycles. The van der Waals surface area contributed by atoms with Crippen molar-refractivity contribution in [3.8, 4) is 0 Å². The van der Waals surface area contributed by atoms with Crippen LogP contribution in [0, 0.1) is 0 Å². The summed E-state index contributed by atoms with van der Waals surface area (Å²) in [6, 6.07) is 7.08. The summed E-state index contributed by atoms with van der Waals surface area (Å²) in [5, 5.41) is 7.66. The van der Waals surface area contributed by atoms with E-state index in [4.69, 9.17) is 11.6 Å². The molecule has 10 nitrogen and oxygen atoms in total. The lowest BCUT2D eigenvalue weighted by Gasteiger charge is -2.21. The topological polar surface area (TPSA) is 133 Å². The number of nitrogens with one attached hydrogen (secondary N) is 3. The van der Waals surface area contributed by atoms with Crippen LogP contribution in [0.3, 0.4) is 0 Å². The average molecular weight is 475 g/mol. The van der Waals surface area contributed by atoms with E-state index in [2.05, 4.69) is 25.9 Å². The molecule has 1 atom stereocenters. The van der Waals surface area contributed by atoms with E-state index in [0.717, 1.165) is 4.70 Å². The number of hydrogen-bond acceptors (Lipinski definition) is 7. The molecule has 3 heterocycles. The Morgan fingerprint density at radius 1 is 1.12 bits per heavy atom. The third kappa shape index (κ3) is 5.77. The normalized spacial score (nSPS) is 11.5. The Kier molecular flexibility index (Phi) is 7.33. The van der Waals surface area contributed by atoms with Crippen LogP contribution in [-0.4, -0.2) is 65.2 Å². The molecule has 3 rings (SSSR count). The molecule has 12 heteroatoms. The number of rotatable bonds is 6. The highest BCUT2D eigenvalue weighted by Crippen LogP contribution is 2.23. The van der Waals surface area contributed by atoms with Crippen molar-refractivity contribution in [1.29, 1.82) is 0 Å².